The van der Waals surface area contributed by atoms with Gasteiger partial charge in [-0.25, -0.2) is 4.39 Å². The highest BCUT2D eigenvalue weighted by Gasteiger charge is 2.16. The quantitative estimate of drug-likeness (QED) is 0.523. The molecule has 0 saturated carbocycles. The van der Waals surface area contributed by atoms with Gasteiger partial charge in [0.2, 0.25) is 5.43 Å². The fourth-order valence-corrected chi connectivity index (χ4v) is 1.64. The maximum Gasteiger partial charge on any atom is 0.221 e. The largest absolute Gasteiger partial charge is 0.504 e. The second-order valence-electron chi connectivity index (χ2n) is 3.64. The van der Waals surface area contributed by atoms with Crippen LogP contribution >= 0.6 is 0 Å². The van der Waals surface area contributed by atoms with Crippen molar-refractivity contribution in [3.8, 4) is 17.2 Å². The zero-order valence-electron chi connectivity index (χ0n) is 8.85. The topological polar surface area (TPSA) is 94.8 Å². The van der Waals surface area contributed by atoms with Crippen molar-refractivity contribution in [2.24, 2.45) is 0 Å². The van der Waals surface area contributed by atoms with E-state index in [0.717, 1.165) is 18.2 Å². The number of carbonyl (C=O) groups excluding carboxylic acids is 1. The maximum absolute atomic E-state index is 13.2. The highest BCUT2D eigenvalue weighted by atomic mass is 19.1. The van der Waals surface area contributed by atoms with Crippen LogP contribution in [0.4, 0.5) is 4.39 Å². The van der Waals surface area contributed by atoms with Crippen LogP contribution in [0, 0.1) is 5.82 Å². The number of halogens is 1. The first-order valence-electron chi connectivity index (χ1n) is 4.82. The highest BCUT2D eigenvalue weighted by molar-refractivity contribution is 5.96. The molecule has 0 aliphatic heterocycles. The molecule has 0 atom stereocenters. The number of fused-ring (bicyclic) bond motifs is 1. The molecule has 2 aromatic carbocycles. The van der Waals surface area contributed by atoms with Gasteiger partial charge in [0.25, 0.3) is 0 Å². The normalized spacial score (nSPS) is 10.5. The fourth-order valence-electron chi connectivity index (χ4n) is 1.64. The van der Waals surface area contributed by atoms with Gasteiger partial charge in [-0.05, 0) is 23.6 Å². The van der Waals surface area contributed by atoms with E-state index in [2.05, 4.69) is 0 Å². The minimum Gasteiger partial charge on any atom is -0.504 e. The van der Waals surface area contributed by atoms with E-state index in [9.17, 15) is 29.3 Å². The van der Waals surface area contributed by atoms with Gasteiger partial charge in [0.15, 0.2) is 23.1 Å². The summed E-state index contributed by atoms with van der Waals surface area (Å²) in [5, 5.41) is 27.9. The Morgan fingerprint density at radius 1 is 1.00 bits per heavy atom. The number of benzene rings is 1. The summed E-state index contributed by atoms with van der Waals surface area (Å²) in [4.78, 5) is 22.1. The van der Waals surface area contributed by atoms with Crippen molar-refractivity contribution in [2.75, 3.05) is 0 Å². The van der Waals surface area contributed by atoms with Crippen LogP contribution in [-0.4, -0.2) is 21.6 Å². The van der Waals surface area contributed by atoms with Crippen molar-refractivity contribution in [1.82, 2.24) is 0 Å². The van der Waals surface area contributed by atoms with Gasteiger partial charge < -0.3 is 15.3 Å². The number of hydrogen-bond acceptors (Lipinski definition) is 5. The van der Waals surface area contributed by atoms with Gasteiger partial charge in [0.1, 0.15) is 6.29 Å². The number of hydrogen-bond donors (Lipinski definition) is 3. The molecule has 0 radical (unpaired) electrons. The number of aromatic hydroxyl groups is 3. The predicted octanol–water partition coefficient (Wildman–Crippen LogP) is 1.27. The van der Waals surface area contributed by atoms with Gasteiger partial charge in [0, 0.05) is 5.56 Å². The molecule has 5 nitrogen and oxygen atoms in total. The van der Waals surface area contributed by atoms with Gasteiger partial charge in [-0.2, -0.15) is 0 Å². The van der Waals surface area contributed by atoms with Crippen LogP contribution in [0.2, 0.25) is 0 Å². The van der Waals surface area contributed by atoms with Gasteiger partial charge in [-0.1, -0.05) is 0 Å². The molecule has 18 heavy (non-hydrogen) atoms. The van der Waals surface area contributed by atoms with E-state index < -0.39 is 33.9 Å². The molecule has 0 unspecified atom stereocenters. The molecule has 0 aromatic heterocycles. The van der Waals surface area contributed by atoms with Gasteiger partial charge in [-0.3, -0.25) is 9.59 Å². The molecular formula is C12H7FO5. The molecule has 0 spiro atoms. The Hall–Kier alpha value is -2.63. The van der Waals surface area contributed by atoms with Crippen molar-refractivity contribution in [1.29, 1.82) is 0 Å². The third kappa shape index (κ3) is 1.64. The molecule has 0 heterocycles. The first-order valence-corrected chi connectivity index (χ1v) is 4.82. The number of aldehydes is 1. The van der Waals surface area contributed by atoms with Crippen LogP contribution in [0.15, 0.2) is 23.0 Å². The molecule has 3 N–H and O–H groups in total. The monoisotopic (exact) mass is 250 g/mol. The number of rotatable bonds is 1. The second-order valence-corrected chi connectivity index (χ2v) is 3.64. The zero-order valence-corrected chi connectivity index (χ0v) is 8.85. The number of phenolic OH excluding ortho intramolecular Hbond substituents is 2. The van der Waals surface area contributed by atoms with Crippen molar-refractivity contribution >= 4 is 17.1 Å². The molecule has 0 fully saturated rings. The van der Waals surface area contributed by atoms with Crippen molar-refractivity contribution in [3.05, 3.63) is 39.8 Å². The lowest BCUT2D eigenvalue weighted by Gasteiger charge is -2.03. The standard InChI is InChI=1S/C12H7FO5/c13-7-3-6-1-5(4-14)2-8(15)11(17)9(6)12(18)10(7)16/h1-4,16,18H,(H,15,17). The Labute approximate surface area is 99.4 Å². The second kappa shape index (κ2) is 3.99. The summed E-state index contributed by atoms with van der Waals surface area (Å²) in [6.45, 7) is 0. The van der Waals surface area contributed by atoms with E-state index >= 15 is 0 Å². The Morgan fingerprint density at radius 3 is 2.28 bits per heavy atom. The SMILES string of the molecule is O=Cc1cc(=O)c(O)c2c(O)c(O)c(F)cc2c1. The van der Waals surface area contributed by atoms with Gasteiger partial charge in [0.05, 0.1) is 5.39 Å². The zero-order chi connectivity index (χ0) is 13.4. The van der Waals surface area contributed by atoms with Gasteiger partial charge >= 0.3 is 0 Å². The molecule has 0 aliphatic carbocycles. The molecule has 0 aliphatic rings. The third-order valence-corrected chi connectivity index (χ3v) is 2.48. The smallest absolute Gasteiger partial charge is 0.221 e. The summed E-state index contributed by atoms with van der Waals surface area (Å²) in [7, 11) is 0. The highest BCUT2D eigenvalue weighted by Crippen LogP contribution is 2.38. The Balaban J connectivity index is 3.15. The molecule has 0 bridgehead atoms. The lowest BCUT2D eigenvalue weighted by Crippen LogP contribution is -1.95. The van der Waals surface area contributed by atoms with E-state index in [4.69, 9.17) is 0 Å². The van der Waals surface area contributed by atoms with Gasteiger partial charge in [-0.15, -0.1) is 0 Å². The lowest BCUT2D eigenvalue weighted by molar-refractivity contribution is 0.112. The molecule has 2 rings (SSSR count). The molecule has 2 aromatic rings. The summed E-state index contributed by atoms with van der Waals surface area (Å²) in [6, 6.07) is 2.76. The van der Waals surface area contributed by atoms with Crippen LogP contribution < -0.4 is 5.43 Å². The molecule has 0 saturated heterocycles. The first kappa shape index (κ1) is 11.8. The first-order chi connectivity index (χ1) is 8.45. The van der Waals surface area contributed by atoms with E-state index in [-0.39, 0.29) is 10.9 Å². The molecule has 0 amide bonds. The summed E-state index contributed by atoms with van der Waals surface area (Å²) >= 11 is 0. The predicted molar refractivity (Wildman–Crippen MR) is 60.6 cm³/mol. The fraction of sp³-hybridized carbons (Fsp3) is 0. The van der Waals surface area contributed by atoms with E-state index in [1.54, 1.807) is 0 Å². The molecule has 92 valence electrons. The van der Waals surface area contributed by atoms with E-state index in [1.807, 2.05) is 0 Å². The lowest BCUT2D eigenvalue weighted by atomic mass is 10.1. The molecule has 6 heteroatoms. The van der Waals surface area contributed by atoms with E-state index in [0.29, 0.717) is 6.29 Å². The van der Waals surface area contributed by atoms with E-state index in [1.165, 1.54) is 0 Å². The third-order valence-electron chi connectivity index (χ3n) is 2.48. The average Bonchev–Trinajstić information content (AvgIpc) is 2.45. The summed E-state index contributed by atoms with van der Waals surface area (Å²) in [5.41, 5.74) is -1.01. The van der Waals surface area contributed by atoms with Crippen LogP contribution in [0.5, 0.6) is 17.2 Å². The average molecular weight is 250 g/mol. The van der Waals surface area contributed by atoms with Crippen LogP contribution in [0.1, 0.15) is 10.4 Å². The Bertz CT molecular complexity index is 724. The summed E-state index contributed by atoms with van der Waals surface area (Å²) in [5.74, 6) is -4.02. The summed E-state index contributed by atoms with van der Waals surface area (Å²) < 4.78 is 13.2. The Morgan fingerprint density at radius 2 is 1.67 bits per heavy atom. The minimum atomic E-state index is -1.13. The van der Waals surface area contributed by atoms with Crippen LogP contribution in [-0.2, 0) is 0 Å². The maximum atomic E-state index is 13.2. The summed E-state index contributed by atoms with van der Waals surface area (Å²) in [6.07, 6.45) is 0.349. The number of carbonyl (C=O) groups is 1. The van der Waals surface area contributed by atoms with Crippen molar-refractivity contribution < 1.29 is 24.5 Å². The van der Waals surface area contributed by atoms with Crippen LogP contribution in [0.25, 0.3) is 10.8 Å². The Kier molecular flexibility index (Phi) is 2.63. The molecular weight excluding hydrogens is 243 g/mol. The van der Waals surface area contributed by atoms with Crippen LogP contribution in [0.3, 0.4) is 0 Å². The minimum absolute atomic E-state index is 0.0792. The van der Waals surface area contributed by atoms with Crippen molar-refractivity contribution in [3.63, 3.8) is 0 Å². The van der Waals surface area contributed by atoms with Crippen molar-refractivity contribution in [2.45, 2.75) is 0 Å². The number of phenols is 2.